The fourth-order valence-corrected chi connectivity index (χ4v) is 3.02. The number of hydrogen-bond donors (Lipinski definition) is 1. The molecular formula is C15H18O4. The number of benzene rings is 1. The van der Waals surface area contributed by atoms with E-state index in [2.05, 4.69) is 0 Å². The lowest BCUT2D eigenvalue weighted by Crippen LogP contribution is -2.14. The number of esters is 1. The fraction of sp³-hybridized carbons (Fsp3) is 0.533. The van der Waals surface area contributed by atoms with Crippen LogP contribution in [0, 0.1) is 12.8 Å². The average Bonchev–Trinajstić information content (AvgIpc) is 2.93. The topological polar surface area (TPSA) is 55.8 Å². The van der Waals surface area contributed by atoms with Crippen LogP contribution in [0.15, 0.2) is 12.1 Å². The van der Waals surface area contributed by atoms with Crippen LogP contribution in [-0.4, -0.2) is 23.8 Å². The molecule has 1 aromatic carbocycles. The van der Waals surface area contributed by atoms with E-state index in [0.717, 1.165) is 22.4 Å². The van der Waals surface area contributed by atoms with Crippen molar-refractivity contribution in [3.05, 3.63) is 28.8 Å². The van der Waals surface area contributed by atoms with E-state index < -0.39 is 6.10 Å². The van der Waals surface area contributed by atoms with Crippen LogP contribution < -0.4 is 4.74 Å². The molecule has 1 aromatic rings. The zero-order valence-corrected chi connectivity index (χ0v) is 11.3. The minimum atomic E-state index is -0.555. The molecule has 0 spiro atoms. The van der Waals surface area contributed by atoms with Gasteiger partial charge >= 0.3 is 5.97 Å². The lowest BCUT2D eigenvalue weighted by Gasteiger charge is -2.16. The maximum absolute atomic E-state index is 11.8. The van der Waals surface area contributed by atoms with E-state index >= 15 is 0 Å². The number of rotatable bonds is 3. The summed E-state index contributed by atoms with van der Waals surface area (Å²) in [6.45, 7) is 5.91. The van der Waals surface area contributed by atoms with Gasteiger partial charge in [-0.2, -0.15) is 0 Å². The van der Waals surface area contributed by atoms with Gasteiger partial charge in [0, 0.05) is 11.5 Å². The molecule has 19 heavy (non-hydrogen) atoms. The molecule has 4 heteroatoms. The third-order valence-corrected chi connectivity index (χ3v) is 3.98. The van der Waals surface area contributed by atoms with Crippen molar-refractivity contribution in [1.29, 1.82) is 0 Å². The summed E-state index contributed by atoms with van der Waals surface area (Å²) in [6.07, 6.45) is -0.659. The first-order chi connectivity index (χ1) is 9.06. The van der Waals surface area contributed by atoms with E-state index in [9.17, 15) is 9.90 Å². The molecule has 1 saturated carbocycles. The summed E-state index contributed by atoms with van der Waals surface area (Å²) in [7, 11) is 0. The Morgan fingerprint density at radius 1 is 1.53 bits per heavy atom. The quantitative estimate of drug-likeness (QED) is 0.847. The van der Waals surface area contributed by atoms with E-state index in [0.29, 0.717) is 6.61 Å². The molecule has 0 aromatic heterocycles. The second kappa shape index (κ2) is 4.23. The van der Waals surface area contributed by atoms with Gasteiger partial charge in [-0.25, -0.2) is 0 Å². The summed E-state index contributed by atoms with van der Waals surface area (Å²) in [5.74, 6) is 0.500. The van der Waals surface area contributed by atoms with Crippen LogP contribution in [0.1, 0.15) is 42.6 Å². The summed E-state index contributed by atoms with van der Waals surface area (Å²) >= 11 is 0. The summed E-state index contributed by atoms with van der Waals surface area (Å²) in [4.78, 5) is 11.8. The zero-order valence-electron chi connectivity index (χ0n) is 11.3. The lowest BCUT2D eigenvalue weighted by molar-refractivity contribution is -0.145. The Bertz CT molecular complexity index is 535. The number of aliphatic hydroxyl groups is 1. The van der Waals surface area contributed by atoms with Gasteiger partial charge in [0.25, 0.3) is 0 Å². The fourth-order valence-electron chi connectivity index (χ4n) is 3.02. The molecule has 0 saturated heterocycles. The summed E-state index contributed by atoms with van der Waals surface area (Å²) in [5.41, 5.74) is 2.91. The Kier molecular flexibility index (Phi) is 2.78. The standard InChI is InChI=1S/C15H18O4/c1-4-18-15(17)12-11-10-9(8(3)16)6-5-7(2)13(10)19-14(11)12/h5-6,8,11-12,14,16H,4H2,1-3H3/t8-,11-,12-,14-/m1/s1. The van der Waals surface area contributed by atoms with Gasteiger partial charge in [-0.3, -0.25) is 4.79 Å². The molecule has 1 aliphatic carbocycles. The van der Waals surface area contributed by atoms with Crippen molar-refractivity contribution in [2.24, 2.45) is 5.92 Å². The molecule has 3 rings (SSSR count). The molecule has 4 nitrogen and oxygen atoms in total. The van der Waals surface area contributed by atoms with Gasteiger partial charge in [0.05, 0.1) is 12.7 Å². The van der Waals surface area contributed by atoms with Crippen molar-refractivity contribution >= 4 is 5.97 Å². The molecule has 0 amide bonds. The maximum Gasteiger partial charge on any atom is 0.313 e. The molecule has 1 fully saturated rings. The number of fused-ring (bicyclic) bond motifs is 3. The van der Waals surface area contributed by atoms with E-state index in [1.807, 2.05) is 19.1 Å². The summed E-state index contributed by atoms with van der Waals surface area (Å²) in [5, 5.41) is 9.87. The first kappa shape index (κ1) is 12.5. The number of carbonyl (C=O) groups excluding carboxylic acids is 1. The minimum absolute atomic E-state index is 0.0542. The van der Waals surface area contributed by atoms with Crippen LogP contribution in [0.4, 0.5) is 0 Å². The van der Waals surface area contributed by atoms with Crippen LogP contribution in [0.5, 0.6) is 5.75 Å². The smallest absolute Gasteiger partial charge is 0.313 e. The van der Waals surface area contributed by atoms with Gasteiger partial charge in [0.15, 0.2) is 0 Å². The van der Waals surface area contributed by atoms with Crippen molar-refractivity contribution in [2.75, 3.05) is 6.61 Å². The Labute approximate surface area is 112 Å². The number of carbonyl (C=O) groups is 1. The zero-order chi connectivity index (χ0) is 13.7. The van der Waals surface area contributed by atoms with Crippen molar-refractivity contribution in [1.82, 2.24) is 0 Å². The highest BCUT2D eigenvalue weighted by atomic mass is 16.5. The van der Waals surface area contributed by atoms with Crippen LogP contribution in [-0.2, 0) is 9.53 Å². The van der Waals surface area contributed by atoms with Gasteiger partial charge in [-0.15, -0.1) is 0 Å². The predicted octanol–water partition coefficient (Wildman–Crippen LogP) is 2.09. The van der Waals surface area contributed by atoms with Crippen molar-refractivity contribution in [3.8, 4) is 5.75 Å². The normalized spacial score (nSPS) is 28.1. The summed E-state index contributed by atoms with van der Waals surface area (Å²) in [6, 6.07) is 3.87. The third kappa shape index (κ3) is 1.74. The van der Waals surface area contributed by atoms with Crippen molar-refractivity contribution in [2.45, 2.75) is 38.9 Å². The molecule has 1 N–H and O–H groups in total. The highest BCUT2D eigenvalue weighted by molar-refractivity contribution is 5.81. The molecule has 1 aliphatic heterocycles. The summed E-state index contributed by atoms with van der Waals surface area (Å²) < 4.78 is 10.9. The van der Waals surface area contributed by atoms with Crippen LogP contribution in [0.2, 0.25) is 0 Å². The van der Waals surface area contributed by atoms with Crippen LogP contribution in [0.3, 0.4) is 0 Å². The van der Waals surface area contributed by atoms with E-state index in [-0.39, 0.29) is 23.9 Å². The van der Waals surface area contributed by atoms with Gasteiger partial charge in [-0.05, 0) is 31.9 Å². The highest BCUT2D eigenvalue weighted by Crippen LogP contribution is 2.61. The SMILES string of the molecule is CCOC(=O)[C@H]1[C@@H]2Oc3c(C)ccc([C@@H](C)O)c3[C@@H]21. The molecule has 0 bridgehead atoms. The number of aryl methyl sites for hydroxylation is 1. The second-order valence-corrected chi connectivity index (χ2v) is 5.28. The Morgan fingerprint density at radius 2 is 2.26 bits per heavy atom. The second-order valence-electron chi connectivity index (χ2n) is 5.28. The van der Waals surface area contributed by atoms with E-state index in [1.54, 1.807) is 13.8 Å². The molecule has 102 valence electrons. The van der Waals surface area contributed by atoms with Crippen LogP contribution in [0.25, 0.3) is 0 Å². The lowest BCUT2D eigenvalue weighted by atomic mass is 9.95. The van der Waals surface area contributed by atoms with Gasteiger partial charge < -0.3 is 14.6 Å². The third-order valence-electron chi connectivity index (χ3n) is 3.98. The molecule has 1 heterocycles. The molecule has 4 atom stereocenters. The number of ether oxygens (including phenoxy) is 2. The van der Waals surface area contributed by atoms with Gasteiger partial charge in [-0.1, -0.05) is 12.1 Å². The number of aliphatic hydroxyl groups excluding tert-OH is 1. The Hall–Kier alpha value is -1.55. The maximum atomic E-state index is 11.8. The minimum Gasteiger partial charge on any atom is -0.488 e. The van der Waals surface area contributed by atoms with Crippen molar-refractivity contribution < 1.29 is 19.4 Å². The first-order valence-electron chi connectivity index (χ1n) is 6.71. The number of hydrogen-bond acceptors (Lipinski definition) is 4. The first-order valence-corrected chi connectivity index (χ1v) is 6.71. The Morgan fingerprint density at radius 3 is 2.89 bits per heavy atom. The van der Waals surface area contributed by atoms with E-state index in [4.69, 9.17) is 9.47 Å². The molecular weight excluding hydrogens is 244 g/mol. The monoisotopic (exact) mass is 262 g/mol. The predicted molar refractivity (Wildman–Crippen MR) is 69.1 cm³/mol. The van der Waals surface area contributed by atoms with Crippen molar-refractivity contribution in [3.63, 3.8) is 0 Å². The van der Waals surface area contributed by atoms with Gasteiger partial charge in [0.2, 0.25) is 0 Å². The van der Waals surface area contributed by atoms with E-state index in [1.165, 1.54) is 0 Å². The molecule has 2 aliphatic rings. The molecule has 0 radical (unpaired) electrons. The highest BCUT2D eigenvalue weighted by Gasteiger charge is 2.64. The van der Waals surface area contributed by atoms with Crippen LogP contribution >= 0.6 is 0 Å². The molecule has 0 unspecified atom stereocenters. The van der Waals surface area contributed by atoms with Gasteiger partial charge in [0.1, 0.15) is 17.8 Å². The Balaban J connectivity index is 1.96. The average molecular weight is 262 g/mol. The largest absolute Gasteiger partial charge is 0.488 e.